The number of aromatic nitrogens is 2. The second kappa shape index (κ2) is 8.12. The Bertz CT molecular complexity index is 919. The van der Waals surface area contributed by atoms with Gasteiger partial charge >= 0.3 is 0 Å². The number of hydrogen-bond donors (Lipinski definition) is 2. The number of rotatable bonds is 5. The second-order valence-electron chi connectivity index (χ2n) is 6.88. The van der Waals surface area contributed by atoms with Crippen LogP contribution in [0.4, 0.5) is 5.13 Å². The Kier molecular flexibility index (Phi) is 5.40. The molecule has 2 N–H and O–H groups in total. The Balaban J connectivity index is 1.39. The highest BCUT2D eigenvalue weighted by molar-refractivity contribution is 7.15. The Morgan fingerprint density at radius 1 is 1.32 bits per heavy atom. The first-order valence-corrected chi connectivity index (χ1v) is 10.1. The summed E-state index contributed by atoms with van der Waals surface area (Å²) in [6.07, 6.45) is 5.09. The van der Waals surface area contributed by atoms with Gasteiger partial charge in [-0.1, -0.05) is 41.7 Å². The first kappa shape index (κ1) is 18.6. The minimum Gasteiger partial charge on any atom is -0.353 e. The lowest BCUT2D eigenvalue weighted by Crippen LogP contribution is -2.30. The van der Waals surface area contributed by atoms with Gasteiger partial charge in [-0.15, -0.1) is 10.2 Å². The van der Waals surface area contributed by atoms with Crippen LogP contribution in [0.15, 0.2) is 36.4 Å². The summed E-state index contributed by atoms with van der Waals surface area (Å²) in [5.41, 5.74) is 7.54. The van der Waals surface area contributed by atoms with Crippen LogP contribution in [0, 0.1) is 6.92 Å². The van der Waals surface area contributed by atoms with E-state index in [2.05, 4.69) is 56.2 Å². The molecule has 0 fully saturated rings. The lowest BCUT2D eigenvalue weighted by atomic mass is 9.98. The molecule has 0 radical (unpaired) electrons. The van der Waals surface area contributed by atoms with Gasteiger partial charge in [-0.2, -0.15) is 0 Å². The second-order valence-corrected chi connectivity index (χ2v) is 8.04. The van der Waals surface area contributed by atoms with Crippen LogP contribution < -0.4 is 15.7 Å². The molecule has 4 rings (SSSR count). The minimum atomic E-state index is -0.158. The molecule has 1 aromatic heterocycles. The number of nitrogens with one attached hydrogen (secondary N) is 2. The number of carbonyl (C=O) groups is 1. The maximum Gasteiger partial charge on any atom is 0.216 e. The number of anilines is 1. The van der Waals surface area contributed by atoms with Gasteiger partial charge < -0.3 is 10.2 Å². The summed E-state index contributed by atoms with van der Waals surface area (Å²) in [6.45, 7) is 5.75. The van der Waals surface area contributed by atoms with E-state index in [-0.39, 0.29) is 12.0 Å². The molecule has 8 heteroatoms. The van der Waals surface area contributed by atoms with Gasteiger partial charge in [-0.25, -0.2) is 0 Å². The summed E-state index contributed by atoms with van der Waals surface area (Å²) in [7, 11) is 0. The van der Waals surface area contributed by atoms with Gasteiger partial charge in [0.1, 0.15) is 11.1 Å². The molecule has 2 aliphatic heterocycles. The van der Waals surface area contributed by atoms with Crippen LogP contribution in [0.1, 0.15) is 29.5 Å². The Hall–Kier alpha value is -2.71. The first-order chi connectivity index (χ1) is 13.6. The van der Waals surface area contributed by atoms with Gasteiger partial charge in [0.2, 0.25) is 11.0 Å². The minimum absolute atomic E-state index is 0.0598. The number of benzene rings is 1. The topological polar surface area (TPSA) is 79.4 Å². The molecule has 1 amide bonds. The molecular weight excluding hydrogens is 374 g/mol. The highest BCUT2D eigenvalue weighted by atomic mass is 32.1. The fraction of sp³-hybridized carbons (Fsp3) is 0.350. The molecule has 0 saturated heterocycles. The summed E-state index contributed by atoms with van der Waals surface area (Å²) in [5, 5.41) is 13.1. The van der Waals surface area contributed by atoms with Gasteiger partial charge in [0, 0.05) is 20.0 Å². The number of nitrogens with zero attached hydrogens (tertiary/aromatic N) is 3. The number of hydrogen-bond acceptors (Lipinski definition) is 7. The van der Waals surface area contributed by atoms with E-state index in [9.17, 15) is 4.79 Å². The maximum absolute atomic E-state index is 11.0. The van der Waals surface area contributed by atoms with E-state index < -0.39 is 0 Å². The maximum atomic E-state index is 11.0. The first-order valence-electron chi connectivity index (χ1n) is 9.31. The third kappa shape index (κ3) is 4.23. The van der Waals surface area contributed by atoms with E-state index in [0.717, 1.165) is 40.9 Å². The average Bonchev–Trinajstić information content (AvgIpc) is 3.36. The van der Waals surface area contributed by atoms with Gasteiger partial charge in [0.15, 0.2) is 0 Å². The quantitative estimate of drug-likeness (QED) is 0.807. The van der Waals surface area contributed by atoms with E-state index in [1.54, 1.807) is 11.3 Å². The van der Waals surface area contributed by atoms with Crippen LogP contribution in [0.2, 0.25) is 0 Å². The van der Waals surface area contributed by atoms with Gasteiger partial charge in [0.05, 0.1) is 12.2 Å². The van der Waals surface area contributed by atoms with Crippen LogP contribution >= 0.6 is 11.3 Å². The van der Waals surface area contributed by atoms with Crippen molar-refractivity contribution in [1.29, 1.82) is 0 Å². The average molecular weight is 398 g/mol. The third-order valence-electron chi connectivity index (χ3n) is 4.79. The van der Waals surface area contributed by atoms with Crippen LogP contribution in [0.25, 0.3) is 11.3 Å². The monoisotopic (exact) mass is 397 g/mol. The lowest BCUT2D eigenvalue weighted by molar-refractivity contribution is -0.119. The number of hydroxylamine groups is 1. The molecule has 3 heterocycles. The Labute approximate surface area is 168 Å². The molecule has 0 bridgehead atoms. The highest BCUT2D eigenvalue weighted by Crippen LogP contribution is 2.28. The fourth-order valence-electron chi connectivity index (χ4n) is 3.28. The molecule has 1 aromatic carbocycles. The molecule has 28 heavy (non-hydrogen) atoms. The predicted molar refractivity (Wildman–Crippen MR) is 111 cm³/mol. The van der Waals surface area contributed by atoms with Crippen molar-refractivity contribution in [3.8, 4) is 0 Å². The van der Waals surface area contributed by atoms with Crippen LogP contribution in [-0.2, 0) is 9.63 Å². The van der Waals surface area contributed by atoms with Crippen molar-refractivity contribution in [3.63, 3.8) is 0 Å². The van der Waals surface area contributed by atoms with Crippen molar-refractivity contribution < 1.29 is 9.63 Å². The molecule has 0 spiro atoms. The Morgan fingerprint density at radius 2 is 2.11 bits per heavy atom. The number of amides is 1. The summed E-state index contributed by atoms with van der Waals surface area (Å²) < 4.78 is 0. The zero-order valence-corrected chi connectivity index (χ0v) is 16.8. The molecule has 146 valence electrons. The van der Waals surface area contributed by atoms with E-state index >= 15 is 0 Å². The molecular formula is C20H23N5O2S. The SMILES string of the molecule is CC(=O)NCC1C=C(c2ccc(C3=CCN(c4nnc(C)s4)CC3)cc2)NO1. The molecule has 1 unspecified atom stereocenters. The molecule has 2 aliphatic rings. The largest absolute Gasteiger partial charge is 0.353 e. The molecule has 2 aromatic rings. The summed E-state index contributed by atoms with van der Waals surface area (Å²) in [6, 6.07) is 8.49. The van der Waals surface area contributed by atoms with E-state index in [4.69, 9.17) is 4.84 Å². The van der Waals surface area contributed by atoms with Crippen molar-refractivity contribution in [1.82, 2.24) is 21.0 Å². The van der Waals surface area contributed by atoms with Crippen LogP contribution in [-0.4, -0.2) is 41.8 Å². The summed E-state index contributed by atoms with van der Waals surface area (Å²) >= 11 is 1.64. The molecule has 0 aliphatic carbocycles. The van der Waals surface area contributed by atoms with E-state index in [1.807, 2.05) is 13.0 Å². The van der Waals surface area contributed by atoms with Crippen LogP contribution in [0.3, 0.4) is 0 Å². The fourth-order valence-corrected chi connectivity index (χ4v) is 4.00. The zero-order chi connectivity index (χ0) is 19.5. The zero-order valence-electron chi connectivity index (χ0n) is 15.9. The van der Waals surface area contributed by atoms with Crippen LogP contribution in [0.5, 0.6) is 0 Å². The van der Waals surface area contributed by atoms with Crippen molar-refractivity contribution in [2.45, 2.75) is 26.4 Å². The van der Waals surface area contributed by atoms with Gasteiger partial charge in [-0.3, -0.25) is 15.1 Å². The lowest BCUT2D eigenvalue weighted by Gasteiger charge is -2.25. The molecule has 0 saturated carbocycles. The standard InChI is InChI=1S/C20H23N5O2S/c1-13(26)21-12-18-11-19(24-27-18)17-5-3-15(4-6-17)16-7-9-25(10-8-16)20-23-22-14(2)28-20/h3-7,11,18,24H,8-10,12H2,1-2H3,(H,21,26). The van der Waals surface area contributed by atoms with Gasteiger partial charge in [0.25, 0.3) is 0 Å². The third-order valence-corrected chi connectivity index (χ3v) is 5.69. The smallest absolute Gasteiger partial charge is 0.216 e. The highest BCUT2D eigenvalue weighted by Gasteiger charge is 2.19. The van der Waals surface area contributed by atoms with E-state index in [1.165, 1.54) is 18.1 Å². The van der Waals surface area contributed by atoms with Crippen molar-refractivity contribution >= 4 is 33.6 Å². The van der Waals surface area contributed by atoms with Crippen molar-refractivity contribution in [3.05, 3.63) is 52.6 Å². The summed E-state index contributed by atoms with van der Waals surface area (Å²) in [4.78, 5) is 18.8. The van der Waals surface area contributed by atoms with Gasteiger partial charge in [-0.05, 0) is 36.1 Å². The summed E-state index contributed by atoms with van der Waals surface area (Å²) in [5.74, 6) is -0.0598. The molecule has 1 atom stereocenters. The normalized spacial score (nSPS) is 19.1. The Morgan fingerprint density at radius 3 is 2.75 bits per heavy atom. The van der Waals surface area contributed by atoms with Crippen molar-refractivity contribution in [2.75, 3.05) is 24.5 Å². The molecule has 7 nitrogen and oxygen atoms in total. The van der Waals surface area contributed by atoms with Crippen molar-refractivity contribution in [2.24, 2.45) is 0 Å². The number of carbonyl (C=O) groups excluding carboxylic acids is 1. The van der Waals surface area contributed by atoms with E-state index in [0.29, 0.717) is 6.54 Å². The predicted octanol–water partition coefficient (Wildman–Crippen LogP) is 2.52. The number of aryl methyl sites for hydroxylation is 1.